The summed E-state index contributed by atoms with van der Waals surface area (Å²) in [4.78, 5) is 11.3. The molecule has 2 rings (SSSR count). The van der Waals surface area contributed by atoms with Crippen LogP contribution in [0.4, 0.5) is 0 Å². The van der Waals surface area contributed by atoms with Crippen molar-refractivity contribution in [2.45, 2.75) is 44.1 Å². The lowest BCUT2D eigenvalue weighted by atomic mass is 9.68. The smallest absolute Gasteiger partial charge is 0.212 e. The average Bonchev–Trinajstić information content (AvgIpc) is 2.31. The van der Waals surface area contributed by atoms with Crippen molar-refractivity contribution in [1.29, 1.82) is 0 Å². The van der Waals surface area contributed by atoms with E-state index in [0.717, 1.165) is 24.0 Å². The van der Waals surface area contributed by atoms with Crippen molar-refractivity contribution >= 4 is 6.29 Å². The quantitative estimate of drug-likeness (QED) is 0.825. The molecule has 0 heterocycles. The minimum atomic E-state index is -0.786. The molecule has 0 amide bonds. The molecule has 1 radical (unpaired) electrons. The summed E-state index contributed by atoms with van der Waals surface area (Å²) in [5, 5.41) is 10.1. The van der Waals surface area contributed by atoms with Gasteiger partial charge in [0.05, 0.1) is 11.5 Å². The highest BCUT2D eigenvalue weighted by atomic mass is 16.3. The molecule has 85 valence electrons. The molecule has 0 bridgehead atoms. The predicted octanol–water partition coefficient (Wildman–Crippen LogP) is 2.28. The third-order valence-corrected chi connectivity index (χ3v) is 3.62. The van der Waals surface area contributed by atoms with E-state index in [9.17, 15) is 9.90 Å². The first-order valence-electron chi connectivity index (χ1n) is 5.83. The monoisotopic (exact) mass is 217 g/mol. The number of aryl methyl sites for hydroxylation is 1. The number of aliphatic hydroxyl groups excluding tert-OH is 1. The summed E-state index contributed by atoms with van der Waals surface area (Å²) >= 11 is 0. The number of carbonyl (C=O) groups excluding carboxylic acids is 1. The summed E-state index contributed by atoms with van der Waals surface area (Å²) in [5.74, 6) is 0. The van der Waals surface area contributed by atoms with E-state index < -0.39 is 11.5 Å². The van der Waals surface area contributed by atoms with Gasteiger partial charge >= 0.3 is 0 Å². The van der Waals surface area contributed by atoms with E-state index in [0.29, 0.717) is 12.8 Å². The molecule has 2 heteroatoms. The Morgan fingerprint density at radius 1 is 1.31 bits per heavy atom. The molecule has 1 aromatic carbocycles. The molecule has 1 N–H and O–H groups in total. The van der Waals surface area contributed by atoms with E-state index in [2.05, 4.69) is 6.29 Å². The van der Waals surface area contributed by atoms with Gasteiger partial charge in [0.25, 0.3) is 0 Å². The molecule has 16 heavy (non-hydrogen) atoms. The molecule has 2 unspecified atom stereocenters. The maximum Gasteiger partial charge on any atom is 0.212 e. The van der Waals surface area contributed by atoms with Gasteiger partial charge in [-0.1, -0.05) is 42.7 Å². The Hall–Kier alpha value is -1.15. The standard InChI is InChI=1S/C14H17O2/c1-11-5-7-12(8-6-11)14(10-15)9-3-2-4-13(14)16/h5-8,13,16H,2-4,9H2,1H3. The number of rotatable bonds is 2. The summed E-state index contributed by atoms with van der Waals surface area (Å²) in [7, 11) is 0. The fraction of sp³-hybridized carbons (Fsp3) is 0.500. The van der Waals surface area contributed by atoms with Gasteiger partial charge < -0.3 is 5.11 Å². The van der Waals surface area contributed by atoms with Crippen LogP contribution >= 0.6 is 0 Å². The van der Waals surface area contributed by atoms with Crippen LogP contribution in [0.5, 0.6) is 0 Å². The van der Waals surface area contributed by atoms with Gasteiger partial charge in [-0.2, -0.15) is 0 Å². The Kier molecular flexibility index (Phi) is 3.10. The van der Waals surface area contributed by atoms with Crippen molar-refractivity contribution < 1.29 is 9.90 Å². The summed E-state index contributed by atoms with van der Waals surface area (Å²) in [5.41, 5.74) is 1.28. The summed E-state index contributed by atoms with van der Waals surface area (Å²) in [6.07, 6.45) is 4.91. The number of benzene rings is 1. The number of hydrogen-bond donors (Lipinski definition) is 1. The second kappa shape index (κ2) is 4.38. The molecule has 0 spiro atoms. The van der Waals surface area contributed by atoms with E-state index in [1.807, 2.05) is 31.2 Å². The fourth-order valence-corrected chi connectivity index (χ4v) is 2.52. The van der Waals surface area contributed by atoms with Crippen LogP contribution in [0, 0.1) is 6.92 Å². The molecular weight excluding hydrogens is 200 g/mol. The Bertz CT molecular complexity index is 369. The van der Waals surface area contributed by atoms with E-state index in [4.69, 9.17) is 0 Å². The normalized spacial score (nSPS) is 30.0. The zero-order valence-corrected chi connectivity index (χ0v) is 9.57. The number of aliphatic hydroxyl groups is 1. The highest BCUT2D eigenvalue weighted by molar-refractivity contribution is 5.70. The van der Waals surface area contributed by atoms with Crippen LogP contribution < -0.4 is 0 Å². The summed E-state index contributed by atoms with van der Waals surface area (Å²) in [6, 6.07) is 7.84. The van der Waals surface area contributed by atoms with Crippen LogP contribution in [-0.4, -0.2) is 17.5 Å². The van der Waals surface area contributed by atoms with Crippen molar-refractivity contribution in [2.24, 2.45) is 0 Å². The van der Waals surface area contributed by atoms with Crippen LogP contribution in [-0.2, 0) is 10.2 Å². The lowest BCUT2D eigenvalue weighted by Gasteiger charge is -2.36. The molecule has 1 saturated carbocycles. The largest absolute Gasteiger partial charge is 0.392 e. The van der Waals surface area contributed by atoms with E-state index in [-0.39, 0.29) is 0 Å². The molecule has 1 aliphatic rings. The van der Waals surface area contributed by atoms with Crippen LogP contribution in [0.25, 0.3) is 0 Å². The van der Waals surface area contributed by atoms with Gasteiger partial charge in [-0.25, -0.2) is 0 Å². The Morgan fingerprint density at radius 2 is 2.00 bits per heavy atom. The van der Waals surface area contributed by atoms with Gasteiger partial charge in [0.2, 0.25) is 6.29 Å². The summed E-state index contributed by atoms with van der Waals surface area (Å²) in [6.45, 7) is 2.01. The Labute approximate surface area is 96.3 Å². The Balaban J connectivity index is 2.39. The highest BCUT2D eigenvalue weighted by Crippen LogP contribution is 2.38. The SMILES string of the molecule is Cc1ccc(C2([C]=O)CCCCC2O)cc1. The average molecular weight is 217 g/mol. The topological polar surface area (TPSA) is 37.3 Å². The second-order valence-corrected chi connectivity index (χ2v) is 4.70. The van der Waals surface area contributed by atoms with Gasteiger partial charge in [0.1, 0.15) is 0 Å². The summed E-state index contributed by atoms with van der Waals surface area (Å²) < 4.78 is 0. The fourth-order valence-electron chi connectivity index (χ4n) is 2.52. The first kappa shape index (κ1) is 11.3. The van der Waals surface area contributed by atoms with Gasteiger partial charge in [-0.3, -0.25) is 4.79 Å². The minimum Gasteiger partial charge on any atom is -0.392 e. The molecule has 1 fully saturated rings. The molecule has 0 aromatic heterocycles. The van der Waals surface area contributed by atoms with Gasteiger partial charge in [-0.15, -0.1) is 0 Å². The Morgan fingerprint density at radius 3 is 2.56 bits per heavy atom. The van der Waals surface area contributed by atoms with Crippen LogP contribution in [0.3, 0.4) is 0 Å². The van der Waals surface area contributed by atoms with Crippen LogP contribution in [0.1, 0.15) is 36.8 Å². The van der Waals surface area contributed by atoms with E-state index >= 15 is 0 Å². The highest BCUT2D eigenvalue weighted by Gasteiger charge is 2.42. The second-order valence-electron chi connectivity index (χ2n) is 4.70. The lowest BCUT2D eigenvalue weighted by molar-refractivity contribution is 0.0765. The zero-order chi connectivity index (χ0) is 11.6. The molecule has 1 aromatic rings. The van der Waals surface area contributed by atoms with Crippen LogP contribution in [0.2, 0.25) is 0 Å². The van der Waals surface area contributed by atoms with Gasteiger partial charge in [0.15, 0.2) is 0 Å². The molecule has 2 nitrogen and oxygen atoms in total. The molecule has 1 aliphatic carbocycles. The van der Waals surface area contributed by atoms with E-state index in [1.54, 1.807) is 0 Å². The first-order valence-corrected chi connectivity index (χ1v) is 5.83. The van der Waals surface area contributed by atoms with Gasteiger partial charge in [0, 0.05) is 0 Å². The van der Waals surface area contributed by atoms with Crippen molar-refractivity contribution in [1.82, 2.24) is 0 Å². The van der Waals surface area contributed by atoms with Crippen molar-refractivity contribution in [3.8, 4) is 0 Å². The van der Waals surface area contributed by atoms with Crippen molar-refractivity contribution in [2.75, 3.05) is 0 Å². The van der Waals surface area contributed by atoms with Crippen molar-refractivity contribution in [3.05, 3.63) is 35.4 Å². The zero-order valence-electron chi connectivity index (χ0n) is 9.57. The molecule has 0 aliphatic heterocycles. The maximum absolute atomic E-state index is 11.3. The lowest BCUT2D eigenvalue weighted by Crippen LogP contribution is -2.43. The van der Waals surface area contributed by atoms with Crippen LogP contribution in [0.15, 0.2) is 24.3 Å². The van der Waals surface area contributed by atoms with Crippen molar-refractivity contribution in [3.63, 3.8) is 0 Å². The maximum atomic E-state index is 11.3. The predicted molar refractivity (Wildman–Crippen MR) is 63.0 cm³/mol. The first-order chi connectivity index (χ1) is 7.69. The third-order valence-electron chi connectivity index (χ3n) is 3.62. The number of hydrogen-bond acceptors (Lipinski definition) is 2. The van der Waals surface area contributed by atoms with Gasteiger partial charge in [-0.05, 0) is 25.3 Å². The van der Waals surface area contributed by atoms with E-state index in [1.165, 1.54) is 0 Å². The molecule has 2 atom stereocenters. The molecular formula is C14H17O2. The third kappa shape index (κ3) is 1.78. The minimum absolute atomic E-state index is 0.582. The molecule has 0 saturated heterocycles.